The molecular weight excluding hydrogens is 544 g/mol. The van der Waals surface area contributed by atoms with E-state index in [0.717, 1.165) is 10.8 Å². The van der Waals surface area contributed by atoms with Crippen molar-refractivity contribution in [1.82, 2.24) is 0 Å². The standard InChI is InChI=1S/C44H26O/c1-4-16-30-27(12-1)15-11-23-33(30)40-34-19-7-9-21-36(34)41(37-22-10-8-20-35(37)40)39-26-29-14-3-6-18-32(29)44-42(39)38-25-24-28-13-2-5-17-31(28)43(38)45-44/h1-26H/i1D,4D,7D,8D,9D,10D,11D,12D,15D,16D,19D,20D,21D,22D,23D. The van der Waals surface area contributed by atoms with Gasteiger partial charge in [0.1, 0.15) is 11.2 Å². The fraction of sp³-hybridized carbons (Fsp3) is 0. The zero-order valence-corrected chi connectivity index (χ0v) is 23.3. The first-order chi connectivity index (χ1) is 28.6. The third-order valence-electron chi connectivity index (χ3n) is 8.56. The fourth-order valence-electron chi connectivity index (χ4n) is 6.68. The van der Waals surface area contributed by atoms with Crippen molar-refractivity contribution in [1.29, 1.82) is 0 Å². The maximum atomic E-state index is 9.56. The van der Waals surface area contributed by atoms with E-state index < -0.39 is 107 Å². The lowest BCUT2D eigenvalue weighted by Crippen LogP contribution is -1.92. The van der Waals surface area contributed by atoms with E-state index in [1.807, 2.05) is 60.7 Å². The quantitative estimate of drug-likeness (QED) is 0.184. The predicted octanol–water partition coefficient (Wildman–Crippen LogP) is 12.7. The summed E-state index contributed by atoms with van der Waals surface area (Å²) in [6.07, 6.45) is 0. The number of hydrogen-bond acceptors (Lipinski definition) is 1. The van der Waals surface area contributed by atoms with Crippen LogP contribution in [0.15, 0.2) is 162 Å². The van der Waals surface area contributed by atoms with E-state index >= 15 is 0 Å². The Morgan fingerprint density at radius 1 is 0.378 bits per heavy atom. The highest BCUT2D eigenvalue weighted by molar-refractivity contribution is 6.30. The average Bonchev–Trinajstić information content (AvgIpc) is 3.66. The molecule has 1 nitrogen and oxygen atoms in total. The van der Waals surface area contributed by atoms with E-state index in [1.165, 1.54) is 0 Å². The van der Waals surface area contributed by atoms with E-state index in [2.05, 4.69) is 0 Å². The molecule has 10 rings (SSSR count). The van der Waals surface area contributed by atoms with Gasteiger partial charge in [-0.3, -0.25) is 0 Å². The molecule has 0 aliphatic heterocycles. The second-order valence-electron chi connectivity index (χ2n) is 10.9. The van der Waals surface area contributed by atoms with Crippen LogP contribution in [-0.2, 0) is 0 Å². The van der Waals surface area contributed by atoms with Crippen molar-refractivity contribution in [3.05, 3.63) is 157 Å². The molecule has 0 N–H and O–H groups in total. The van der Waals surface area contributed by atoms with Gasteiger partial charge in [0.2, 0.25) is 0 Å². The minimum Gasteiger partial charge on any atom is -0.455 e. The molecule has 0 saturated carbocycles. The molecule has 0 aliphatic rings. The summed E-state index contributed by atoms with van der Waals surface area (Å²) >= 11 is 0. The number of furan rings is 1. The topological polar surface area (TPSA) is 13.1 Å². The molecule has 208 valence electrons. The summed E-state index contributed by atoms with van der Waals surface area (Å²) in [4.78, 5) is 0. The molecule has 1 heterocycles. The summed E-state index contributed by atoms with van der Waals surface area (Å²) in [5.74, 6) is 0. The zero-order valence-electron chi connectivity index (χ0n) is 38.3. The highest BCUT2D eigenvalue weighted by Gasteiger charge is 2.23. The lowest BCUT2D eigenvalue weighted by atomic mass is 9.83. The van der Waals surface area contributed by atoms with Crippen LogP contribution in [0.4, 0.5) is 0 Å². The van der Waals surface area contributed by atoms with Crippen LogP contribution in [0, 0.1) is 0 Å². The first-order valence-electron chi connectivity index (χ1n) is 21.8. The van der Waals surface area contributed by atoms with Crippen molar-refractivity contribution in [2.75, 3.05) is 0 Å². The molecule has 10 aromatic rings. The van der Waals surface area contributed by atoms with Crippen LogP contribution in [0.25, 0.3) is 98.1 Å². The van der Waals surface area contributed by atoms with Crippen molar-refractivity contribution in [3.8, 4) is 22.3 Å². The molecular formula is C44H26O. The fourth-order valence-corrected chi connectivity index (χ4v) is 6.68. The maximum Gasteiger partial charge on any atom is 0.143 e. The molecule has 0 fully saturated rings. The largest absolute Gasteiger partial charge is 0.455 e. The molecule has 0 saturated heterocycles. The summed E-state index contributed by atoms with van der Waals surface area (Å²) in [7, 11) is 0. The van der Waals surface area contributed by atoms with Crippen molar-refractivity contribution < 1.29 is 25.0 Å². The SMILES string of the molecule is [2H]c1c([2H])c([2H])c2c(-c3c4c([2H])c([2H])c([2H])c([2H])c4c(-c4cc5ccccc5c5oc6c7ccccc7ccc6c45)c4c([2H])c([2H])c([2H])c([2H])c34)c([2H])c([2H])c([2H])c2c1[2H]. The minimum absolute atomic E-state index is 0.00955. The summed E-state index contributed by atoms with van der Waals surface area (Å²) in [6, 6.07) is 10.3. The van der Waals surface area contributed by atoms with Crippen molar-refractivity contribution >= 4 is 75.8 Å². The van der Waals surface area contributed by atoms with Gasteiger partial charge in [0, 0.05) is 21.5 Å². The van der Waals surface area contributed by atoms with Gasteiger partial charge in [0.05, 0.1) is 20.6 Å². The highest BCUT2D eigenvalue weighted by Crippen LogP contribution is 2.49. The van der Waals surface area contributed by atoms with Crippen LogP contribution in [-0.4, -0.2) is 0 Å². The minimum atomic E-state index is -0.761. The van der Waals surface area contributed by atoms with Gasteiger partial charge in [-0.2, -0.15) is 0 Å². The molecule has 1 heteroatoms. The average molecular weight is 586 g/mol. The smallest absolute Gasteiger partial charge is 0.143 e. The van der Waals surface area contributed by atoms with Gasteiger partial charge in [-0.25, -0.2) is 0 Å². The Hall–Kier alpha value is -5.92. The number of rotatable bonds is 2. The van der Waals surface area contributed by atoms with Crippen LogP contribution in [0.1, 0.15) is 20.6 Å². The molecule has 0 spiro atoms. The van der Waals surface area contributed by atoms with Crippen LogP contribution in [0.2, 0.25) is 0 Å². The van der Waals surface area contributed by atoms with Crippen molar-refractivity contribution in [2.24, 2.45) is 0 Å². The Morgan fingerprint density at radius 3 is 1.64 bits per heavy atom. The van der Waals surface area contributed by atoms with E-state index in [-0.39, 0.29) is 32.7 Å². The Bertz CT molecular complexity index is 3580. The molecule has 1 aromatic heterocycles. The van der Waals surface area contributed by atoms with Gasteiger partial charge in [0.15, 0.2) is 0 Å². The summed E-state index contributed by atoms with van der Waals surface area (Å²) in [5, 5.41) is 2.29. The van der Waals surface area contributed by atoms with Gasteiger partial charge < -0.3 is 4.42 Å². The van der Waals surface area contributed by atoms with Gasteiger partial charge in [-0.1, -0.05) is 145 Å². The first kappa shape index (κ1) is 14.2. The maximum absolute atomic E-state index is 9.56. The van der Waals surface area contributed by atoms with Crippen LogP contribution >= 0.6 is 0 Å². The molecule has 0 aliphatic carbocycles. The number of hydrogen-bond donors (Lipinski definition) is 0. The molecule has 9 aromatic carbocycles. The third kappa shape index (κ3) is 3.44. The summed E-state index contributed by atoms with van der Waals surface area (Å²) in [5.41, 5.74) is 0.453. The Labute approximate surface area is 280 Å². The lowest BCUT2D eigenvalue weighted by Gasteiger charge is -2.19. The predicted molar refractivity (Wildman–Crippen MR) is 192 cm³/mol. The number of fused-ring (bicyclic) bond motifs is 10. The zero-order chi connectivity index (χ0) is 42.5. The molecule has 0 amide bonds. The van der Waals surface area contributed by atoms with Crippen molar-refractivity contribution in [3.63, 3.8) is 0 Å². The molecule has 45 heavy (non-hydrogen) atoms. The number of benzene rings is 9. The molecule has 0 radical (unpaired) electrons. The molecule has 0 bridgehead atoms. The summed E-state index contributed by atoms with van der Waals surface area (Å²) < 4.78 is 142. The van der Waals surface area contributed by atoms with E-state index in [4.69, 9.17) is 18.1 Å². The van der Waals surface area contributed by atoms with Crippen LogP contribution in [0.5, 0.6) is 0 Å². The Kier molecular flexibility index (Phi) is 2.94. The highest BCUT2D eigenvalue weighted by atomic mass is 16.3. The normalized spacial score (nSPS) is 16.7. The monoisotopic (exact) mass is 585 g/mol. The third-order valence-corrected chi connectivity index (χ3v) is 8.56. The van der Waals surface area contributed by atoms with Gasteiger partial charge in [-0.15, -0.1) is 0 Å². The van der Waals surface area contributed by atoms with Gasteiger partial charge in [0.25, 0.3) is 0 Å². The molecule has 0 unspecified atom stereocenters. The van der Waals surface area contributed by atoms with E-state index in [0.29, 0.717) is 38.3 Å². The van der Waals surface area contributed by atoms with E-state index in [9.17, 15) is 6.85 Å². The lowest BCUT2D eigenvalue weighted by molar-refractivity contribution is 0.676. The van der Waals surface area contributed by atoms with Crippen molar-refractivity contribution in [2.45, 2.75) is 0 Å². The van der Waals surface area contributed by atoms with Gasteiger partial charge >= 0.3 is 0 Å². The Balaban J connectivity index is 1.58. The summed E-state index contributed by atoms with van der Waals surface area (Å²) in [6.45, 7) is 0. The second kappa shape index (κ2) is 9.29. The van der Waals surface area contributed by atoms with E-state index in [1.54, 1.807) is 6.07 Å². The van der Waals surface area contributed by atoms with Gasteiger partial charge in [-0.05, 0) is 77.5 Å². The Morgan fingerprint density at radius 2 is 0.933 bits per heavy atom. The second-order valence-corrected chi connectivity index (χ2v) is 10.9. The first-order valence-corrected chi connectivity index (χ1v) is 14.3. The van der Waals surface area contributed by atoms with Crippen LogP contribution < -0.4 is 0 Å². The van der Waals surface area contributed by atoms with Crippen LogP contribution in [0.3, 0.4) is 0 Å². The molecule has 0 atom stereocenters.